The van der Waals surface area contributed by atoms with E-state index in [0.29, 0.717) is 24.3 Å². The van der Waals surface area contributed by atoms with Crippen molar-refractivity contribution in [3.63, 3.8) is 0 Å². The zero-order valence-electron chi connectivity index (χ0n) is 11.9. The molecular weight excluding hydrogens is 270 g/mol. The maximum absolute atomic E-state index is 12.3. The molecule has 108 valence electrons. The Morgan fingerprint density at radius 1 is 1.29 bits per heavy atom. The third-order valence-corrected chi connectivity index (χ3v) is 3.76. The first-order chi connectivity index (χ1) is 10.1. The lowest BCUT2D eigenvalue weighted by molar-refractivity contribution is -0.132. The van der Waals surface area contributed by atoms with Crippen LogP contribution in [0.1, 0.15) is 22.5 Å². The summed E-state index contributed by atoms with van der Waals surface area (Å²) in [5, 5.41) is 0. The van der Waals surface area contributed by atoms with Crippen LogP contribution in [-0.2, 0) is 24.4 Å². The van der Waals surface area contributed by atoms with Crippen LogP contribution >= 0.6 is 0 Å². The maximum atomic E-state index is 12.3. The average Bonchev–Trinajstić information content (AvgIpc) is 2.92. The van der Waals surface area contributed by atoms with E-state index in [0.717, 1.165) is 11.3 Å². The van der Waals surface area contributed by atoms with E-state index in [1.54, 1.807) is 24.9 Å². The van der Waals surface area contributed by atoms with Crippen LogP contribution < -0.4 is 5.56 Å². The van der Waals surface area contributed by atoms with Crippen molar-refractivity contribution in [2.45, 2.75) is 33.5 Å². The van der Waals surface area contributed by atoms with Crippen LogP contribution in [-0.4, -0.2) is 30.3 Å². The lowest BCUT2D eigenvalue weighted by atomic mass is 10.3. The highest BCUT2D eigenvalue weighted by Crippen LogP contribution is 2.19. The van der Waals surface area contributed by atoms with E-state index < -0.39 is 0 Å². The van der Waals surface area contributed by atoms with Crippen molar-refractivity contribution in [2.24, 2.45) is 0 Å². The second-order valence-electron chi connectivity index (χ2n) is 5.13. The van der Waals surface area contributed by atoms with Gasteiger partial charge in [0.25, 0.3) is 5.56 Å². The van der Waals surface area contributed by atoms with Crippen molar-refractivity contribution in [3.05, 3.63) is 51.7 Å². The number of amides is 1. The van der Waals surface area contributed by atoms with Crippen LogP contribution in [0.5, 0.6) is 0 Å². The Labute approximate surface area is 121 Å². The summed E-state index contributed by atoms with van der Waals surface area (Å²) in [5.41, 5.74) is 2.90. The summed E-state index contributed by atoms with van der Waals surface area (Å²) in [4.78, 5) is 38.3. The number of nitrogens with zero attached hydrogens (tertiary/aromatic N) is 5. The molecule has 0 unspecified atom stereocenters. The average molecular weight is 285 g/mol. The van der Waals surface area contributed by atoms with E-state index in [1.165, 1.54) is 17.2 Å². The molecule has 2 aromatic heterocycles. The topological polar surface area (TPSA) is 81.0 Å². The van der Waals surface area contributed by atoms with Gasteiger partial charge in [0.05, 0.1) is 18.6 Å². The molecule has 7 heteroatoms. The number of aromatic nitrogens is 4. The molecule has 0 saturated carbocycles. The van der Waals surface area contributed by atoms with Crippen molar-refractivity contribution in [3.8, 4) is 0 Å². The van der Waals surface area contributed by atoms with Crippen LogP contribution in [0.15, 0.2) is 23.6 Å². The molecule has 3 heterocycles. The third-order valence-electron chi connectivity index (χ3n) is 3.76. The molecule has 0 N–H and O–H groups in total. The first-order valence-electron chi connectivity index (χ1n) is 6.64. The Morgan fingerprint density at radius 3 is 2.86 bits per heavy atom. The monoisotopic (exact) mass is 285 g/mol. The molecule has 1 aliphatic rings. The van der Waals surface area contributed by atoms with Gasteiger partial charge in [-0.25, -0.2) is 15.0 Å². The van der Waals surface area contributed by atoms with Gasteiger partial charge in [-0.05, 0) is 13.8 Å². The van der Waals surface area contributed by atoms with Crippen LogP contribution in [0.2, 0.25) is 0 Å². The van der Waals surface area contributed by atoms with Crippen molar-refractivity contribution in [1.29, 1.82) is 0 Å². The van der Waals surface area contributed by atoms with Gasteiger partial charge in [-0.3, -0.25) is 14.2 Å². The lowest BCUT2D eigenvalue weighted by Gasteiger charge is -2.16. The molecule has 7 nitrogen and oxygen atoms in total. The molecule has 2 aromatic rings. The number of aryl methyl sites for hydroxylation is 1. The zero-order chi connectivity index (χ0) is 15.0. The van der Waals surface area contributed by atoms with Crippen LogP contribution in [0, 0.1) is 13.8 Å². The van der Waals surface area contributed by atoms with Gasteiger partial charge >= 0.3 is 0 Å². The molecule has 1 aliphatic heterocycles. The van der Waals surface area contributed by atoms with E-state index >= 15 is 0 Å². The summed E-state index contributed by atoms with van der Waals surface area (Å²) in [6.45, 7) is 4.44. The summed E-state index contributed by atoms with van der Waals surface area (Å²) in [6.07, 6.45) is 4.62. The third kappa shape index (κ3) is 2.42. The minimum absolute atomic E-state index is 0.00558. The molecule has 0 aromatic carbocycles. The molecule has 3 rings (SSSR count). The summed E-state index contributed by atoms with van der Waals surface area (Å²) < 4.78 is 1.35. The molecule has 21 heavy (non-hydrogen) atoms. The van der Waals surface area contributed by atoms with E-state index in [9.17, 15) is 9.59 Å². The van der Waals surface area contributed by atoms with E-state index in [2.05, 4.69) is 15.0 Å². The predicted octanol–water partition coefficient (Wildman–Crippen LogP) is 0.193. The molecule has 0 atom stereocenters. The minimum atomic E-state index is -0.174. The highest BCUT2D eigenvalue weighted by atomic mass is 16.2. The molecule has 0 aliphatic carbocycles. The Hall–Kier alpha value is -2.57. The second kappa shape index (κ2) is 5.08. The van der Waals surface area contributed by atoms with Gasteiger partial charge in [0, 0.05) is 29.6 Å². The largest absolute Gasteiger partial charge is 0.331 e. The summed E-state index contributed by atoms with van der Waals surface area (Å²) in [7, 11) is 0. The number of hydrogen-bond acceptors (Lipinski definition) is 5. The normalized spacial score (nSPS) is 13.3. The summed E-state index contributed by atoms with van der Waals surface area (Å²) >= 11 is 0. The number of hydrogen-bond donors (Lipinski definition) is 0. The van der Waals surface area contributed by atoms with Crippen LogP contribution in [0.25, 0.3) is 0 Å². The summed E-state index contributed by atoms with van der Waals surface area (Å²) in [5.74, 6) is -0.125. The van der Waals surface area contributed by atoms with Crippen LogP contribution in [0.4, 0.5) is 0 Å². The zero-order valence-corrected chi connectivity index (χ0v) is 11.9. The molecule has 0 radical (unpaired) electrons. The fourth-order valence-electron chi connectivity index (χ4n) is 2.31. The maximum Gasteiger partial charge on any atom is 0.256 e. The van der Waals surface area contributed by atoms with Crippen molar-refractivity contribution < 1.29 is 4.79 Å². The first kappa shape index (κ1) is 13.4. The standard InChI is InChI=1S/C14H15N5O2/c1-9-10(2)17-8-19(14(9)21)6-13(20)18-4-11-3-15-7-16-12(11)5-18/h3,7-8H,4-6H2,1-2H3. The number of fused-ring (bicyclic) bond motifs is 1. The smallest absolute Gasteiger partial charge is 0.256 e. The van der Waals surface area contributed by atoms with Gasteiger partial charge < -0.3 is 4.90 Å². The van der Waals surface area contributed by atoms with E-state index in [4.69, 9.17) is 0 Å². The summed E-state index contributed by atoms with van der Waals surface area (Å²) in [6, 6.07) is 0. The van der Waals surface area contributed by atoms with Gasteiger partial charge in [0.15, 0.2) is 0 Å². The Kier molecular flexibility index (Phi) is 3.25. The van der Waals surface area contributed by atoms with Gasteiger partial charge in [0.2, 0.25) is 5.91 Å². The Balaban J connectivity index is 1.77. The highest BCUT2D eigenvalue weighted by molar-refractivity contribution is 5.76. The fraction of sp³-hybridized carbons (Fsp3) is 0.357. The molecule has 1 amide bonds. The van der Waals surface area contributed by atoms with Gasteiger partial charge in [-0.1, -0.05) is 0 Å². The van der Waals surface area contributed by atoms with Crippen molar-refractivity contribution in [1.82, 2.24) is 24.4 Å². The number of carbonyl (C=O) groups is 1. The molecule has 0 bridgehead atoms. The molecule has 0 spiro atoms. The van der Waals surface area contributed by atoms with E-state index in [-0.39, 0.29) is 18.0 Å². The highest BCUT2D eigenvalue weighted by Gasteiger charge is 2.24. The predicted molar refractivity (Wildman–Crippen MR) is 74.3 cm³/mol. The minimum Gasteiger partial charge on any atom is -0.331 e. The second-order valence-corrected chi connectivity index (χ2v) is 5.13. The lowest BCUT2D eigenvalue weighted by Crippen LogP contribution is -2.34. The SMILES string of the molecule is Cc1ncn(CC(=O)N2Cc3cncnc3C2)c(=O)c1C. The fourth-order valence-corrected chi connectivity index (χ4v) is 2.31. The molecule has 0 fully saturated rings. The Morgan fingerprint density at radius 2 is 2.10 bits per heavy atom. The Bertz CT molecular complexity index is 743. The van der Waals surface area contributed by atoms with Crippen molar-refractivity contribution >= 4 is 5.91 Å². The first-order valence-corrected chi connectivity index (χ1v) is 6.64. The molecule has 0 saturated heterocycles. The van der Waals surface area contributed by atoms with Crippen molar-refractivity contribution in [2.75, 3.05) is 0 Å². The quantitative estimate of drug-likeness (QED) is 0.787. The van der Waals surface area contributed by atoms with Gasteiger partial charge in [0.1, 0.15) is 12.9 Å². The van der Waals surface area contributed by atoms with E-state index in [1.807, 2.05) is 0 Å². The number of carbonyl (C=O) groups excluding carboxylic acids is 1. The molecular formula is C14H15N5O2. The van der Waals surface area contributed by atoms with Gasteiger partial charge in [-0.2, -0.15) is 0 Å². The van der Waals surface area contributed by atoms with Gasteiger partial charge in [-0.15, -0.1) is 0 Å². The van der Waals surface area contributed by atoms with Crippen LogP contribution in [0.3, 0.4) is 0 Å². The number of rotatable bonds is 2.